The minimum Gasteiger partial charge on any atom is -0.348 e. The quantitative estimate of drug-likeness (QED) is 0.425. The topological polar surface area (TPSA) is 29.1 Å². The van der Waals surface area contributed by atoms with Gasteiger partial charge in [-0.25, -0.2) is 4.39 Å². The van der Waals surface area contributed by atoms with Crippen LogP contribution in [0, 0.1) is 24.6 Å². The van der Waals surface area contributed by atoms with Gasteiger partial charge in [-0.1, -0.05) is 11.8 Å². The summed E-state index contributed by atoms with van der Waals surface area (Å²) < 4.78 is 12.7. The van der Waals surface area contributed by atoms with E-state index < -0.39 is 0 Å². The fraction of sp³-hybridized carbons (Fsp3) is 0.182. The molecule has 0 aromatic heterocycles. The number of halogens is 1. The van der Waals surface area contributed by atoms with Gasteiger partial charge in [0.1, 0.15) is 5.82 Å². The van der Waals surface area contributed by atoms with Crippen LogP contribution in [0.5, 0.6) is 0 Å². The number of aryl methyl sites for hydroxylation is 1. The normalized spacial score (nSPS) is 8.71. The zero-order chi connectivity index (χ0) is 10.4. The Balaban J connectivity index is 2.74. The molecule has 1 N–H and O–H groups in total. The fourth-order valence-electron chi connectivity index (χ4n) is 0.999. The molecule has 72 valence electrons. The van der Waals surface area contributed by atoms with E-state index in [4.69, 9.17) is 0 Å². The molecule has 0 bridgehead atoms. The molecule has 0 aliphatic rings. The molecule has 0 aliphatic heterocycles. The molecule has 0 unspecified atom stereocenters. The monoisotopic (exact) mass is 191 g/mol. The Labute approximate surface area is 82.1 Å². The number of benzene rings is 1. The first-order valence-electron chi connectivity index (χ1n) is 4.16. The Hall–Kier alpha value is -1.82. The van der Waals surface area contributed by atoms with Gasteiger partial charge in [0.2, 0.25) is 6.41 Å². The maximum Gasteiger partial charge on any atom is 0.207 e. The molecule has 2 nitrogen and oxygen atoms in total. The van der Waals surface area contributed by atoms with Crippen LogP contribution in [0.2, 0.25) is 0 Å². The van der Waals surface area contributed by atoms with Crippen molar-refractivity contribution in [1.82, 2.24) is 5.32 Å². The van der Waals surface area contributed by atoms with Gasteiger partial charge in [0, 0.05) is 5.56 Å². The molecule has 0 radical (unpaired) electrons. The van der Waals surface area contributed by atoms with Crippen molar-refractivity contribution in [1.29, 1.82) is 0 Å². The predicted molar refractivity (Wildman–Crippen MR) is 52.1 cm³/mol. The van der Waals surface area contributed by atoms with Gasteiger partial charge in [-0.3, -0.25) is 4.79 Å². The summed E-state index contributed by atoms with van der Waals surface area (Å²) in [4.78, 5) is 9.90. The van der Waals surface area contributed by atoms with Crippen molar-refractivity contribution in [2.75, 3.05) is 6.54 Å². The van der Waals surface area contributed by atoms with Crippen LogP contribution < -0.4 is 5.32 Å². The molecule has 0 fully saturated rings. The summed E-state index contributed by atoms with van der Waals surface area (Å²) in [7, 11) is 0. The first-order valence-corrected chi connectivity index (χ1v) is 4.16. The first-order chi connectivity index (χ1) is 6.74. The predicted octanol–water partition coefficient (Wildman–Crippen LogP) is 1.23. The summed E-state index contributed by atoms with van der Waals surface area (Å²) in [6.45, 7) is 2.10. The molecule has 0 spiro atoms. The number of hydrogen-bond acceptors (Lipinski definition) is 1. The van der Waals surface area contributed by atoms with E-state index in [1.54, 1.807) is 13.0 Å². The van der Waals surface area contributed by atoms with Gasteiger partial charge in [-0.05, 0) is 30.7 Å². The highest BCUT2D eigenvalue weighted by molar-refractivity contribution is 5.47. The van der Waals surface area contributed by atoms with Crippen molar-refractivity contribution in [2.24, 2.45) is 0 Å². The van der Waals surface area contributed by atoms with Crippen LogP contribution in [0.3, 0.4) is 0 Å². The van der Waals surface area contributed by atoms with Crippen LogP contribution in [0.4, 0.5) is 4.39 Å². The van der Waals surface area contributed by atoms with Gasteiger partial charge in [0.25, 0.3) is 0 Å². The summed E-state index contributed by atoms with van der Waals surface area (Å²) in [5.74, 6) is 5.32. The van der Waals surface area contributed by atoms with Crippen molar-refractivity contribution in [2.45, 2.75) is 6.92 Å². The summed E-state index contributed by atoms with van der Waals surface area (Å²) in [5.41, 5.74) is 1.57. The molecule has 0 aliphatic carbocycles. The Morgan fingerprint density at radius 2 is 2.36 bits per heavy atom. The van der Waals surface area contributed by atoms with Crippen LogP contribution in [0.25, 0.3) is 0 Å². The molecule has 0 heterocycles. The molecule has 0 atom stereocenters. The number of carbonyl (C=O) groups excluding carboxylic acids is 1. The number of nitrogens with one attached hydrogen (secondary N) is 1. The summed E-state index contributed by atoms with van der Waals surface area (Å²) in [5, 5.41) is 2.42. The van der Waals surface area contributed by atoms with Crippen LogP contribution in [0.15, 0.2) is 18.2 Å². The fourth-order valence-corrected chi connectivity index (χ4v) is 0.999. The second-order valence-corrected chi connectivity index (χ2v) is 2.76. The van der Waals surface area contributed by atoms with E-state index in [1.165, 1.54) is 12.1 Å². The standard InChI is InChI=1S/C11H10FNO/c1-9-7-11(12)5-4-10(9)3-2-6-13-8-14/h4-5,7-8H,6H2,1H3,(H,13,14). The molecule has 14 heavy (non-hydrogen) atoms. The summed E-state index contributed by atoms with van der Waals surface area (Å²) in [6, 6.07) is 4.42. The zero-order valence-electron chi connectivity index (χ0n) is 7.80. The number of carbonyl (C=O) groups is 1. The summed E-state index contributed by atoms with van der Waals surface area (Å²) in [6.07, 6.45) is 0.589. The smallest absolute Gasteiger partial charge is 0.207 e. The number of hydrogen-bond donors (Lipinski definition) is 1. The highest BCUT2D eigenvalue weighted by Gasteiger charge is 1.95. The van der Waals surface area contributed by atoms with Crippen LogP contribution in [-0.4, -0.2) is 13.0 Å². The largest absolute Gasteiger partial charge is 0.348 e. The maximum absolute atomic E-state index is 12.7. The van der Waals surface area contributed by atoms with E-state index in [-0.39, 0.29) is 5.82 Å². The van der Waals surface area contributed by atoms with Crippen molar-refractivity contribution in [3.8, 4) is 11.8 Å². The molecule has 1 rings (SSSR count). The van der Waals surface area contributed by atoms with Gasteiger partial charge >= 0.3 is 0 Å². The van der Waals surface area contributed by atoms with Gasteiger partial charge in [0.05, 0.1) is 6.54 Å². The SMILES string of the molecule is Cc1cc(F)ccc1C#CCNC=O. The van der Waals surface area contributed by atoms with E-state index in [0.717, 1.165) is 11.1 Å². The van der Waals surface area contributed by atoms with E-state index >= 15 is 0 Å². The molecule has 1 aromatic rings. The van der Waals surface area contributed by atoms with Gasteiger partial charge < -0.3 is 5.32 Å². The van der Waals surface area contributed by atoms with Crippen LogP contribution >= 0.6 is 0 Å². The third kappa shape index (κ3) is 2.91. The minimum atomic E-state index is -0.265. The van der Waals surface area contributed by atoms with Gasteiger partial charge in [0.15, 0.2) is 0 Å². The lowest BCUT2D eigenvalue weighted by molar-refractivity contribution is -0.109. The van der Waals surface area contributed by atoms with Gasteiger partial charge in [-0.15, -0.1) is 0 Å². The van der Waals surface area contributed by atoms with E-state index in [1.807, 2.05) is 0 Å². The average molecular weight is 191 g/mol. The van der Waals surface area contributed by atoms with Crippen LogP contribution in [0.1, 0.15) is 11.1 Å². The van der Waals surface area contributed by atoms with Crippen molar-refractivity contribution in [3.63, 3.8) is 0 Å². The van der Waals surface area contributed by atoms with E-state index in [0.29, 0.717) is 13.0 Å². The molecule has 3 heteroatoms. The van der Waals surface area contributed by atoms with E-state index in [9.17, 15) is 9.18 Å². The van der Waals surface area contributed by atoms with Crippen molar-refractivity contribution >= 4 is 6.41 Å². The van der Waals surface area contributed by atoms with Gasteiger partial charge in [-0.2, -0.15) is 0 Å². The Morgan fingerprint density at radius 3 is 3.00 bits per heavy atom. The van der Waals surface area contributed by atoms with Crippen molar-refractivity contribution < 1.29 is 9.18 Å². The number of amides is 1. The lowest BCUT2D eigenvalue weighted by Crippen LogP contribution is -2.09. The highest BCUT2D eigenvalue weighted by Crippen LogP contribution is 2.07. The Morgan fingerprint density at radius 1 is 1.57 bits per heavy atom. The third-order valence-corrected chi connectivity index (χ3v) is 1.69. The molecular formula is C11H10FNO. The highest BCUT2D eigenvalue weighted by atomic mass is 19.1. The number of rotatable bonds is 2. The summed E-state index contributed by atoms with van der Waals surface area (Å²) >= 11 is 0. The Bertz CT molecular complexity index is 390. The first kappa shape index (κ1) is 10.3. The second kappa shape index (κ2) is 5.03. The minimum absolute atomic E-state index is 0.265. The molecule has 1 amide bonds. The lowest BCUT2D eigenvalue weighted by atomic mass is 10.1. The molecule has 0 saturated carbocycles. The average Bonchev–Trinajstić information content (AvgIpc) is 2.15. The third-order valence-electron chi connectivity index (χ3n) is 1.69. The molecule has 1 aromatic carbocycles. The molecule has 0 saturated heterocycles. The van der Waals surface area contributed by atoms with E-state index in [2.05, 4.69) is 17.2 Å². The van der Waals surface area contributed by atoms with Crippen molar-refractivity contribution in [3.05, 3.63) is 35.1 Å². The second-order valence-electron chi connectivity index (χ2n) is 2.76. The maximum atomic E-state index is 12.7. The van der Waals surface area contributed by atoms with Crippen LogP contribution in [-0.2, 0) is 4.79 Å². The lowest BCUT2D eigenvalue weighted by Gasteiger charge is -1.96. The molecular weight excluding hydrogens is 181 g/mol. The zero-order valence-corrected chi connectivity index (χ0v) is 7.80. The Kier molecular flexibility index (Phi) is 3.69.